The summed E-state index contributed by atoms with van der Waals surface area (Å²) in [6.07, 6.45) is 1.82. The van der Waals surface area contributed by atoms with E-state index in [0.29, 0.717) is 17.7 Å². The largest absolute Gasteiger partial charge is 0.352 e. The number of pyridine rings is 1. The Bertz CT molecular complexity index is 850. The lowest BCUT2D eigenvalue weighted by atomic mass is 10.1. The molecule has 2 aromatic rings. The van der Waals surface area contributed by atoms with E-state index in [2.05, 4.69) is 65.1 Å². The highest BCUT2D eigenvalue weighted by Crippen LogP contribution is 2.24. The summed E-state index contributed by atoms with van der Waals surface area (Å²) in [5.41, 5.74) is 2.35. The summed E-state index contributed by atoms with van der Waals surface area (Å²) in [4.78, 5) is 18.7. The van der Waals surface area contributed by atoms with E-state index in [4.69, 9.17) is 0 Å². The van der Waals surface area contributed by atoms with Crippen molar-refractivity contribution in [2.75, 3.05) is 25.9 Å². The van der Waals surface area contributed by atoms with Gasteiger partial charge >= 0.3 is 0 Å². The summed E-state index contributed by atoms with van der Waals surface area (Å²) in [5.74, 6) is 2.80. The van der Waals surface area contributed by atoms with Crippen molar-refractivity contribution in [3.05, 3.63) is 70.1 Å². The SMILES string of the molecule is CN=C(NCc1ccc(Cn2ccccc2=O)cc1)N1CCSC(C(C)C)C1.I. The van der Waals surface area contributed by atoms with Crippen molar-refractivity contribution in [2.45, 2.75) is 32.2 Å². The third-order valence-electron chi connectivity index (χ3n) is 5.07. The molecule has 1 saturated heterocycles. The van der Waals surface area contributed by atoms with E-state index < -0.39 is 0 Å². The lowest BCUT2D eigenvalue weighted by molar-refractivity contribution is 0.380. The molecule has 0 saturated carbocycles. The Morgan fingerprint density at radius 3 is 2.59 bits per heavy atom. The minimum atomic E-state index is 0. The van der Waals surface area contributed by atoms with Crippen LogP contribution in [0, 0.1) is 5.92 Å². The van der Waals surface area contributed by atoms with Gasteiger partial charge in [-0.3, -0.25) is 9.79 Å². The van der Waals surface area contributed by atoms with Gasteiger partial charge in [0.1, 0.15) is 0 Å². The molecule has 0 aliphatic carbocycles. The fraction of sp³-hybridized carbons (Fsp3) is 0.455. The number of nitrogens with one attached hydrogen (secondary N) is 1. The molecular formula is C22H31IN4OS. The van der Waals surface area contributed by atoms with Crippen molar-refractivity contribution in [3.8, 4) is 0 Å². The molecule has 158 valence electrons. The van der Waals surface area contributed by atoms with E-state index >= 15 is 0 Å². The highest BCUT2D eigenvalue weighted by atomic mass is 127. The second kappa shape index (κ2) is 11.6. The standard InChI is InChI=1S/C22H30N4OS.HI/c1-17(2)20-16-26(12-13-28-20)22(23-3)24-14-18-7-9-19(10-8-18)15-25-11-5-4-6-21(25)27;/h4-11,17,20H,12-16H2,1-3H3,(H,23,24);1H. The molecule has 1 unspecified atom stereocenters. The number of halogens is 1. The number of benzene rings is 1. The molecule has 0 spiro atoms. The number of hydrogen-bond donors (Lipinski definition) is 1. The van der Waals surface area contributed by atoms with Crippen LogP contribution in [0.4, 0.5) is 0 Å². The summed E-state index contributed by atoms with van der Waals surface area (Å²) in [7, 11) is 1.86. The Hall–Kier alpha value is -1.48. The summed E-state index contributed by atoms with van der Waals surface area (Å²) >= 11 is 2.07. The van der Waals surface area contributed by atoms with E-state index in [1.165, 1.54) is 5.56 Å². The molecule has 1 fully saturated rings. The molecule has 29 heavy (non-hydrogen) atoms. The van der Waals surface area contributed by atoms with Crippen LogP contribution in [0.1, 0.15) is 25.0 Å². The smallest absolute Gasteiger partial charge is 0.250 e. The molecule has 1 aliphatic heterocycles. The van der Waals surface area contributed by atoms with E-state index in [1.807, 2.05) is 19.3 Å². The van der Waals surface area contributed by atoms with Gasteiger partial charge in [-0.05, 0) is 23.1 Å². The molecule has 5 nitrogen and oxygen atoms in total. The maximum atomic E-state index is 11.9. The van der Waals surface area contributed by atoms with Crippen LogP contribution in [0.5, 0.6) is 0 Å². The fourth-order valence-corrected chi connectivity index (χ4v) is 4.63. The first kappa shape index (κ1) is 23.8. The van der Waals surface area contributed by atoms with Crippen LogP contribution in [-0.4, -0.2) is 46.6 Å². The molecule has 3 rings (SSSR count). The average molecular weight is 526 g/mol. The molecular weight excluding hydrogens is 495 g/mol. The van der Waals surface area contributed by atoms with Crippen LogP contribution < -0.4 is 10.9 Å². The predicted octanol–water partition coefficient (Wildman–Crippen LogP) is 3.66. The molecule has 0 bridgehead atoms. The van der Waals surface area contributed by atoms with Crippen LogP contribution in [-0.2, 0) is 13.1 Å². The number of aliphatic imine (C=N–C) groups is 1. The van der Waals surface area contributed by atoms with Gasteiger partial charge in [-0.25, -0.2) is 0 Å². The quantitative estimate of drug-likeness (QED) is 0.367. The summed E-state index contributed by atoms with van der Waals surface area (Å²) in [5, 5.41) is 4.16. The summed E-state index contributed by atoms with van der Waals surface area (Å²) in [6.45, 7) is 8.02. The zero-order chi connectivity index (χ0) is 19.9. The van der Waals surface area contributed by atoms with Crippen molar-refractivity contribution in [1.29, 1.82) is 0 Å². The van der Waals surface area contributed by atoms with Gasteiger partial charge in [0.2, 0.25) is 0 Å². The van der Waals surface area contributed by atoms with Crippen LogP contribution >= 0.6 is 35.7 Å². The normalized spacial score (nSPS) is 17.2. The topological polar surface area (TPSA) is 49.6 Å². The van der Waals surface area contributed by atoms with Crippen LogP contribution in [0.3, 0.4) is 0 Å². The Labute approximate surface area is 195 Å². The third-order valence-corrected chi connectivity index (χ3v) is 6.61. The summed E-state index contributed by atoms with van der Waals surface area (Å²) < 4.78 is 1.72. The van der Waals surface area contributed by atoms with E-state index in [9.17, 15) is 4.79 Å². The number of rotatable bonds is 5. The zero-order valence-corrected chi connectivity index (χ0v) is 20.5. The van der Waals surface area contributed by atoms with E-state index in [1.54, 1.807) is 16.7 Å². The monoisotopic (exact) mass is 526 g/mol. The van der Waals surface area contributed by atoms with Crippen molar-refractivity contribution in [1.82, 2.24) is 14.8 Å². The van der Waals surface area contributed by atoms with Crippen molar-refractivity contribution < 1.29 is 0 Å². The lowest BCUT2D eigenvalue weighted by Crippen LogP contribution is -2.48. The lowest BCUT2D eigenvalue weighted by Gasteiger charge is -2.36. The van der Waals surface area contributed by atoms with Gasteiger partial charge < -0.3 is 14.8 Å². The number of hydrogen-bond acceptors (Lipinski definition) is 3. The number of aromatic nitrogens is 1. The molecule has 1 atom stereocenters. The molecule has 7 heteroatoms. The van der Waals surface area contributed by atoms with Gasteiger partial charge in [-0.1, -0.05) is 44.2 Å². The highest BCUT2D eigenvalue weighted by molar-refractivity contribution is 14.0. The van der Waals surface area contributed by atoms with Crippen molar-refractivity contribution in [3.63, 3.8) is 0 Å². The second-order valence-electron chi connectivity index (χ2n) is 7.48. The predicted molar refractivity (Wildman–Crippen MR) is 135 cm³/mol. The van der Waals surface area contributed by atoms with E-state index in [0.717, 1.165) is 36.9 Å². The van der Waals surface area contributed by atoms with Gasteiger partial charge in [0, 0.05) is 49.9 Å². The van der Waals surface area contributed by atoms with Crippen LogP contribution in [0.15, 0.2) is 58.4 Å². The Morgan fingerprint density at radius 1 is 1.21 bits per heavy atom. The number of thioether (sulfide) groups is 1. The molecule has 1 aromatic carbocycles. The van der Waals surface area contributed by atoms with Gasteiger partial charge in [-0.15, -0.1) is 24.0 Å². The number of nitrogens with zero attached hydrogens (tertiary/aromatic N) is 3. The fourth-order valence-electron chi connectivity index (χ4n) is 3.34. The highest BCUT2D eigenvalue weighted by Gasteiger charge is 2.24. The zero-order valence-electron chi connectivity index (χ0n) is 17.4. The first-order valence-corrected chi connectivity index (χ1v) is 10.9. The third kappa shape index (κ3) is 6.77. The molecule has 0 amide bonds. The Balaban J connectivity index is 0.00000300. The van der Waals surface area contributed by atoms with Crippen molar-refractivity contribution >= 4 is 41.7 Å². The Kier molecular flexibility index (Phi) is 9.55. The first-order valence-electron chi connectivity index (χ1n) is 9.87. The minimum absolute atomic E-state index is 0. The molecule has 2 heterocycles. The average Bonchev–Trinajstić information content (AvgIpc) is 2.71. The maximum Gasteiger partial charge on any atom is 0.250 e. The maximum absolute atomic E-state index is 11.9. The minimum Gasteiger partial charge on any atom is -0.352 e. The van der Waals surface area contributed by atoms with Crippen LogP contribution in [0.2, 0.25) is 0 Å². The van der Waals surface area contributed by atoms with E-state index in [-0.39, 0.29) is 29.5 Å². The van der Waals surface area contributed by atoms with Crippen molar-refractivity contribution in [2.24, 2.45) is 10.9 Å². The number of guanidine groups is 1. The molecule has 0 radical (unpaired) electrons. The second-order valence-corrected chi connectivity index (χ2v) is 8.83. The van der Waals surface area contributed by atoms with Gasteiger partial charge in [-0.2, -0.15) is 11.8 Å². The van der Waals surface area contributed by atoms with Gasteiger partial charge in [0.15, 0.2) is 5.96 Å². The molecule has 1 aliphatic rings. The summed E-state index contributed by atoms with van der Waals surface area (Å²) in [6, 6.07) is 13.7. The Morgan fingerprint density at radius 2 is 1.93 bits per heavy atom. The van der Waals surface area contributed by atoms with Gasteiger partial charge in [0.25, 0.3) is 5.56 Å². The van der Waals surface area contributed by atoms with Crippen LogP contribution in [0.25, 0.3) is 0 Å². The van der Waals surface area contributed by atoms with Gasteiger partial charge in [0.05, 0.1) is 6.54 Å². The first-order chi connectivity index (χ1) is 13.6. The molecule has 1 N–H and O–H groups in total. The molecule has 1 aromatic heterocycles.